The molecule has 0 saturated carbocycles. The van der Waals surface area contributed by atoms with Crippen LogP contribution in [0.3, 0.4) is 0 Å². The minimum absolute atomic E-state index is 0.0944. The van der Waals surface area contributed by atoms with E-state index in [0.29, 0.717) is 11.8 Å². The Morgan fingerprint density at radius 3 is 1.67 bits per heavy atom. The van der Waals surface area contributed by atoms with Crippen molar-refractivity contribution in [2.75, 3.05) is 13.1 Å². The molecule has 0 aromatic heterocycles. The molecule has 2 amide bonds. The number of carbonyl (C=O) groups excluding carboxylic acids is 4. The van der Waals surface area contributed by atoms with Crippen LogP contribution in [-0.2, 0) is 14.2 Å². The monoisotopic (exact) mass is 422 g/mol. The van der Waals surface area contributed by atoms with Crippen molar-refractivity contribution in [1.82, 2.24) is 10.6 Å². The molecule has 0 heterocycles. The lowest BCUT2D eigenvalue weighted by Gasteiger charge is -2.23. The summed E-state index contributed by atoms with van der Waals surface area (Å²) in [4.78, 5) is 46.9. The van der Waals surface area contributed by atoms with E-state index in [2.05, 4.69) is 10.6 Å². The summed E-state index contributed by atoms with van der Waals surface area (Å²) >= 11 is 0. The SMILES string of the molecule is CC(C)(C)OC(=O)NCC(CNC(=O)OC(C)(C)C)OC(=O)c1ccc(C=O)cc1. The van der Waals surface area contributed by atoms with Gasteiger partial charge in [0, 0.05) is 5.56 Å². The van der Waals surface area contributed by atoms with Crippen molar-refractivity contribution in [2.45, 2.75) is 58.8 Å². The first kappa shape index (κ1) is 24.9. The van der Waals surface area contributed by atoms with E-state index < -0.39 is 35.5 Å². The van der Waals surface area contributed by atoms with Crippen LogP contribution in [0.5, 0.6) is 0 Å². The summed E-state index contributed by atoms with van der Waals surface area (Å²) in [5.41, 5.74) is -0.738. The Hall–Kier alpha value is -3.10. The summed E-state index contributed by atoms with van der Waals surface area (Å²) in [6.45, 7) is 10.1. The van der Waals surface area contributed by atoms with Crippen LogP contribution in [0, 0.1) is 0 Å². The zero-order chi connectivity index (χ0) is 22.9. The molecule has 2 N–H and O–H groups in total. The Balaban J connectivity index is 2.76. The number of benzene rings is 1. The van der Waals surface area contributed by atoms with Gasteiger partial charge in [0.2, 0.25) is 0 Å². The molecule has 0 saturated heterocycles. The van der Waals surface area contributed by atoms with Crippen molar-refractivity contribution >= 4 is 24.4 Å². The smallest absolute Gasteiger partial charge is 0.407 e. The number of amides is 2. The van der Waals surface area contributed by atoms with Gasteiger partial charge in [-0.25, -0.2) is 14.4 Å². The lowest BCUT2D eigenvalue weighted by Crippen LogP contribution is -2.44. The van der Waals surface area contributed by atoms with Crippen LogP contribution in [0.15, 0.2) is 24.3 Å². The number of esters is 1. The van der Waals surface area contributed by atoms with Crippen LogP contribution in [0.25, 0.3) is 0 Å². The Morgan fingerprint density at radius 2 is 1.30 bits per heavy atom. The molecule has 30 heavy (non-hydrogen) atoms. The first-order valence-electron chi connectivity index (χ1n) is 9.49. The van der Waals surface area contributed by atoms with Gasteiger partial charge >= 0.3 is 18.2 Å². The minimum Gasteiger partial charge on any atom is -0.455 e. The predicted octanol–water partition coefficient (Wildman–Crippen LogP) is 3.07. The van der Waals surface area contributed by atoms with Crippen molar-refractivity contribution in [1.29, 1.82) is 0 Å². The molecule has 0 aliphatic carbocycles. The number of alkyl carbamates (subject to hydrolysis) is 2. The fourth-order valence-electron chi connectivity index (χ4n) is 2.10. The predicted molar refractivity (Wildman–Crippen MR) is 110 cm³/mol. The maximum atomic E-state index is 12.4. The summed E-state index contributed by atoms with van der Waals surface area (Å²) in [5.74, 6) is -0.672. The normalized spacial score (nSPS) is 11.4. The quantitative estimate of drug-likeness (QED) is 0.394. The average molecular weight is 422 g/mol. The summed E-state index contributed by atoms with van der Waals surface area (Å²) in [7, 11) is 0. The maximum Gasteiger partial charge on any atom is 0.407 e. The van der Waals surface area contributed by atoms with Crippen molar-refractivity contribution in [3.8, 4) is 0 Å². The van der Waals surface area contributed by atoms with Gasteiger partial charge in [0.15, 0.2) is 0 Å². The summed E-state index contributed by atoms with van der Waals surface area (Å²) in [6, 6.07) is 5.87. The second-order valence-corrected chi connectivity index (χ2v) is 8.53. The second kappa shape index (κ2) is 10.6. The highest BCUT2D eigenvalue weighted by Gasteiger charge is 2.22. The molecule has 0 atom stereocenters. The molecule has 0 aliphatic heterocycles. The lowest BCUT2D eigenvalue weighted by molar-refractivity contribution is 0.0221. The molecule has 1 aromatic rings. The number of ether oxygens (including phenoxy) is 3. The number of nitrogens with one attached hydrogen (secondary N) is 2. The topological polar surface area (TPSA) is 120 Å². The number of hydrogen-bond acceptors (Lipinski definition) is 7. The van der Waals surface area contributed by atoms with Gasteiger partial charge in [0.1, 0.15) is 23.6 Å². The van der Waals surface area contributed by atoms with E-state index in [9.17, 15) is 19.2 Å². The average Bonchev–Trinajstić information content (AvgIpc) is 2.61. The molecule has 9 nitrogen and oxygen atoms in total. The molecule has 0 bridgehead atoms. The van der Waals surface area contributed by atoms with Gasteiger partial charge in [-0.15, -0.1) is 0 Å². The first-order chi connectivity index (χ1) is 13.8. The third-order valence-corrected chi connectivity index (χ3v) is 3.30. The van der Waals surface area contributed by atoms with Crippen molar-refractivity contribution in [2.24, 2.45) is 0 Å². The highest BCUT2D eigenvalue weighted by molar-refractivity contribution is 5.90. The second-order valence-electron chi connectivity index (χ2n) is 8.53. The standard InChI is InChI=1S/C21H30N2O7/c1-20(2,3)29-18(26)22-11-16(12-23-19(27)30-21(4,5)6)28-17(25)15-9-7-14(13-24)8-10-15/h7-10,13,16H,11-12H2,1-6H3,(H,22,26)(H,23,27). The Labute approximate surface area is 176 Å². The molecule has 1 rings (SSSR count). The van der Waals surface area contributed by atoms with E-state index in [4.69, 9.17) is 14.2 Å². The van der Waals surface area contributed by atoms with Gasteiger partial charge in [-0.2, -0.15) is 0 Å². The molecule has 1 aromatic carbocycles. The molecule has 9 heteroatoms. The molecule has 166 valence electrons. The lowest BCUT2D eigenvalue weighted by atomic mass is 10.1. The zero-order valence-corrected chi connectivity index (χ0v) is 18.2. The molecule has 0 aliphatic rings. The molecule has 0 spiro atoms. The van der Waals surface area contributed by atoms with E-state index in [0.717, 1.165) is 0 Å². The zero-order valence-electron chi connectivity index (χ0n) is 18.2. The number of aldehydes is 1. The highest BCUT2D eigenvalue weighted by atomic mass is 16.6. The van der Waals surface area contributed by atoms with Gasteiger partial charge in [-0.3, -0.25) is 4.79 Å². The Morgan fingerprint density at radius 1 is 0.867 bits per heavy atom. The van der Waals surface area contributed by atoms with E-state index in [-0.39, 0.29) is 18.7 Å². The summed E-state index contributed by atoms with van der Waals surface area (Å²) < 4.78 is 15.7. The van der Waals surface area contributed by atoms with Crippen LogP contribution >= 0.6 is 0 Å². The largest absolute Gasteiger partial charge is 0.455 e. The van der Waals surface area contributed by atoms with E-state index >= 15 is 0 Å². The Kier molecular flexibility index (Phi) is 8.82. The maximum absolute atomic E-state index is 12.4. The van der Waals surface area contributed by atoms with Crippen molar-refractivity contribution < 1.29 is 33.4 Å². The van der Waals surface area contributed by atoms with Crippen LogP contribution in [0.2, 0.25) is 0 Å². The third-order valence-electron chi connectivity index (χ3n) is 3.30. The first-order valence-corrected chi connectivity index (χ1v) is 9.49. The number of rotatable bonds is 7. The Bertz CT molecular complexity index is 714. The van der Waals surface area contributed by atoms with Gasteiger partial charge in [0.25, 0.3) is 0 Å². The van der Waals surface area contributed by atoms with E-state index in [1.807, 2.05) is 0 Å². The van der Waals surface area contributed by atoms with Crippen LogP contribution in [-0.4, -0.2) is 54.8 Å². The third kappa shape index (κ3) is 10.4. The molecular weight excluding hydrogens is 392 g/mol. The fraction of sp³-hybridized carbons (Fsp3) is 0.524. The van der Waals surface area contributed by atoms with Crippen LogP contribution in [0.1, 0.15) is 62.3 Å². The van der Waals surface area contributed by atoms with Gasteiger partial charge < -0.3 is 24.8 Å². The molecule has 0 radical (unpaired) electrons. The number of hydrogen-bond donors (Lipinski definition) is 2. The minimum atomic E-state index is -0.886. The summed E-state index contributed by atoms with van der Waals surface area (Å²) in [5, 5.41) is 5.02. The van der Waals surface area contributed by atoms with Crippen LogP contribution in [0.4, 0.5) is 9.59 Å². The van der Waals surface area contributed by atoms with Crippen LogP contribution < -0.4 is 10.6 Å². The molecule has 0 fully saturated rings. The van der Waals surface area contributed by atoms with Crippen molar-refractivity contribution in [3.63, 3.8) is 0 Å². The highest BCUT2D eigenvalue weighted by Crippen LogP contribution is 2.09. The number of carbonyl (C=O) groups is 4. The fourth-order valence-corrected chi connectivity index (χ4v) is 2.10. The van der Waals surface area contributed by atoms with E-state index in [1.54, 1.807) is 41.5 Å². The van der Waals surface area contributed by atoms with E-state index in [1.165, 1.54) is 24.3 Å². The van der Waals surface area contributed by atoms with Gasteiger partial charge in [-0.05, 0) is 53.7 Å². The molecule has 0 unspecified atom stereocenters. The van der Waals surface area contributed by atoms with Gasteiger partial charge in [-0.1, -0.05) is 12.1 Å². The molecular formula is C21H30N2O7. The van der Waals surface area contributed by atoms with Crippen molar-refractivity contribution in [3.05, 3.63) is 35.4 Å². The summed E-state index contributed by atoms with van der Waals surface area (Å²) in [6.07, 6.45) is -1.59. The van der Waals surface area contributed by atoms with Gasteiger partial charge in [0.05, 0.1) is 18.7 Å².